The molecule has 0 aliphatic carbocycles. The first-order valence-corrected chi connectivity index (χ1v) is 9.70. The van der Waals surface area contributed by atoms with E-state index in [0.717, 1.165) is 6.54 Å². The fraction of sp³-hybridized carbons (Fsp3) is 0.591. The first-order chi connectivity index (χ1) is 11.3. The van der Waals surface area contributed by atoms with Crippen molar-refractivity contribution in [1.29, 1.82) is 0 Å². The Balaban J connectivity index is 1.63. The Morgan fingerprint density at radius 1 is 0.783 bits per heavy atom. The molecule has 1 heterocycles. The summed E-state index contributed by atoms with van der Waals surface area (Å²) in [5.41, 5.74) is 2.71. The van der Waals surface area contributed by atoms with Gasteiger partial charge in [-0.15, -0.1) is 0 Å². The number of hydrogen-bond donors (Lipinski definition) is 0. The van der Waals surface area contributed by atoms with E-state index in [0.29, 0.717) is 0 Å². The minimum atomic E-state index is 1.15. The zero-order valence-corrected chi connectivity index (χ0v) is 15.2. The number of fused-ring (bicyclic) bond motifs is 1. The Morgan fingerprint density at radius 3 is 2.13 bits per heavy atom. The van der Waals surface area contributed by atoms with E-state index in [9.17, 15) is 0 Å². The molecule has 0 bridgehead atoms. The lowest BCUT2D eigenvalue weighted by atomic mass is 10.1. The fourth-order valence-electron chi connectivity index (χ4n) is 3.36. The lowest BCUT2D eigenvalue weighted by Gasteiger charge is -2.03. The van der Waals surface area contributed by atoms with Gasteiger partial charge < -0.3 is 0 Å². The van der Waals surface area contributed by atoms with Gasteiger partial charge in [0.2, 0.25) is 5.52 Å². The van der Waals surface area contributed by atoms with Crippen LogP contribution < -0.4 is 4.57 Å². The number of nitrogens with zero attached hydrogens (tertiary/aromatic N) is 1. The molecule has 126 valence electrons. The minimum Gasteiger partial charge on any atom is -0.198 e. The molecule has 0 amide bonds. The first kappa shape index (κ1) is 18.0. The van der Waals surface area contributed by atoms with Crippen molar-refractivity contribution < 1.29 is 4.57 Å². The average molecular weight is 313 g/mol. The number of benzene rings is 1. The van der Waals surface area contributed by atoms with E-state index < -0.39 is 0 Å². The lowest BCUT2D eigenvalue weighted by Crippen LogP contribution is -2.33. The first-order valence-electron chi connectivity index (χ1n) is 9.70. The van der Waals surface area contributed by atoms with Gasteiger partial charge in [-0.2, -0.15) is 4.57 Å². The van der Waals surface area contributed by atoms with Crippen LogP contribution in [-0.4, -0.2) is 0 Å². The number of aryl methyl sites for hydroxylation is 2. The number of aromatic nitrogens is 1. The third kappa shape index (κ3) is 6.33. The number of pyridine rings is 1. The summed E-state index contributed by atoms with van der Waals surface area (Å²) in [6, 6.07) is 11.2. The molecular weight excluding hydrogens is 278 g/mol. The number of rotatable bonds is 11. The maximum absolute atomic E-state index is 2.42. The van der Waals surface area contributed by atoms with Crippen LogP contribution in [-0.2, 0) is 6.54 Å². The van der Waals surface area contributed by atoms with Crippen molar-refractivity contribution in [3.05, 3.63) is 42.1 Å². The molecule has 0 spiro atoms. The van der Waals surface area contributed by atoms with Crippen molar-refractivity contribution in [1.82, 2.24) is 0 Å². The molecule has 0 N–H and O–H groups in total. The molecule has 0 fully saturated rings. The second-order valence-corrected chi connectivity index (χ2v) is 6.95. The van der Waals surface area contributed by atoms with Crippen LogP contribution in [0.1, 0.15) is 76.7 Å². The summed E-state index contributed by atoms with van der Waals surface area (Å²) in [6.07, 6.45) is 16.2. The SMILES string of the molecule is CCCCCCCCCCCC[n+]1cccc2cc(C)ccc21. The van der Waals surface area contributed by atoms with E-state index in [4.69, 9.17) is 0 Å². The molecule has 0 saturated heterocycles. The van der Waals surface area contributed by atoms with E-state index in [1.165, 1.54) is 80.7 Å². The van der Waals surface area contributed by atoms with Crippen molar-refractivity contribution in [2.75, 3.05) is 0 Å². The van der Waals surface area contributed by atoms with Gasteiger partial charge in [0, 0.05) is 23.9 Å². The highest BCUT2D eigenvalue weighted by Crippen LogP contribution is 2.13. The maximum atomic E-state index is 2.42. The molecule has 1 nitrogen and oxygen atoms in total. The Kier molecular flexibility index (Phi) is 8.14. The Labute approximate surface area is 142 Å². The van der Waals surface area contributed by atoms with Gasteiger partial charge in [0.25, 0.3) is 0 Å². The summed E-state index contributed by atoms with van der Waals surface area (Å²) >= 11 is 0. The molecule has 1 aromatic heterocycles. The molecule has 0 atom stereocenters. The van der Waals surface area contributed by atoms with E-state index >= 15 is 0 Å². The Bertz CT molecular complexity index is 573. The Hall–Kier alpha value is -1.37. The van der Waals surface area contributed by atoms with Gasteiger partial charge in [0.1, 0.15) is 6.54 Å². The van der Waals surface area contributed by atoms with Crippen LogP contribution in [0.2, 0.25) is 0 Å². The molecule has 1 heteroatoms. The van der Waals surface area contributed by atoms with Crippen LogP contribution >= 0.6 is 0 Å². The summed E-state index contributed by atoms with van der Waals surface area (Å²) in [6.45, 7) is 5.60. The predicted molar refractivity (Wildman–Crippen MR) is 101 cm³/mol. The van der Waals surface area contributed by atoms with Crippen molar-refractivity contribution in [3.8, 4) is 0 Å². The highest BCUT2D eigenvalue weighted by molar-refractivity contribution is 5.76. The van der Waals surface area contributed by atoms with Crippen molar-refractivity contribution in [2.45, 2.75) is 84.6 Å². The normalized spacial score (nSPS) is 11.2. The second kappa shape index (κ2) is 10.4. The van der Waals surface area contributed by atoms with Gasteiger partial charge in [-0.1, -0.05) is 69.9 Å². The monoisotopic (exact) mass is 312 g/mol. The van der Waals surface area contributed by atoms with Crippen molar-refractivity contribution in [3.63, 3.8) is 0 Å². The van der Waals surface area contributed by atoms with Crippen molar-refractivity contribution in [2.24, 2.45) is 0 Å². The van der Waals surface area contributed by atoms with Crippen LogP contribution in [0.4, 0.5) is 0 Å². The second-order valence-electron chi connectivity index (χ2n) is 6.95. The molecule has 23 heavy (non-hydrogen) atoms. The van der Waals surface area contributed by atoms with E-state index in [1.807, 2.05) is 0 Å². The highest BCUT2D eigenvalue weighted by Gasteiger charge is 2.07. The lowest BCUT2D eigenvalue weighted by molar-refractivity contribution is -0.671. The van der Waals surface area contributed by atoms with Gasteiger partial charge in [-0.05, 0) is 25.5 Å². The number of unbranched alkanes of at least 4 members (excludes halogenated alkanes) is 9. The van der Waals surface area contributed by atoms with Gasteiger partial charge in [-0.25, -0.2) is 0 Å². The standard InChI is InChI=1S/C22H34N/c1-3-4-5-6-7-8-9-10-11-12-17-23-18-13-14-21-19-20(2)15-16-22(21)23/h13-16,18-19H,3-12,17H2,1-2H3/q+1. The molecular formula is C22H34N+. The smallest absolute Gasteiger partial charge is 0.198 e. The predicted octanol–water partition coefficient (Wildman–Crippen LogP) is 6.36. The quantitative estimate of drug-likeness (QED) is 0.336. The highest BCUT2D eigenvalue weighted by atomic mass is 14.9. The third-order valence-electron chi connectivity index (χ3n) is 4.79. The van der Waals surface area contributed by atoms with Gasteiger partial charge in [0.05, 0.1) is 0 Å². The van der Waals surface area contributed by atoms with Gasteiger partial charge in [0.15, 0.2) is 6.20 Å². The summed E-state index contributed by atoms with van der Waals surface area (Å²) in [5.74, 6) is 0. The molecule has 1 aromatic carbocycles. The molecule has 2 rings (SSSR count). The molecule has 2 aromatic rings. The summed E-state index contributed by atoms with van der Waals surface area (Å²) in [7, 11) is 0. The van der Waals surface area contributed by atoms with Crippen molar-refractivity contribution >= 4 is 10.9 Å². The zero-order valence-electron chi connectivity index (χ0n) is 15.2. The van der Waals surface area contributed by atoms with Crippen LogP contribution in [0.25, 0.3) is 10.9 Å². The largest absolute Gasteiger partial charge is 0.212 e. The Morgan fingerprint density at radius 2 is 1.43 bits per heavy atom. The van der Waals surface area contributed by atoms with E-state index in [2.05, 4.69) is 54.9 Å². The maximum Gasteiger partial charge on any atom is 0.212 e. The summed E-state index contributed by atoms with van der Waals surface area (Å²) < 4.78 is 2.42. The van der Waals surface area contributed by atoms with Crippen LogP contribution in [0.3, 0.4) is 0 Å². The third-order valence-corrected chi connectivity index (χ3v) is 4.79. The summed E-state index contributed by atoms with van der Waals surface area (Å²) in [4.78, 5) is 0. The molecule has 0 aliphatic rings. The minimum absolute atomic E-state index is 1.15. The molecule has 0 aliphatic heterocycles. The van der Waals surface area contributed by atoms with Crippen LogP contribution in [0.5, 0.6) is 0 Å². The fourth-order valence-corrected chi connectivity index (χ4v) is 3.36. The molecule has 0 saturated carbocycles. The van der Waals surface area contributed by atoms with Crippen LogP contribution in [0.15, 0.2) is 36.5 Å². The average Bonchev–Trinajstić information content (AvgIpc) is 2.56. The van der Waals surface area contributed by atoms with Gasteiger partial charge in [-0.3, -0.25) is 0 Å². The van der Waals surface area contributed by atoms with E-state index in [-0.39, 0.29) is 0 Å². The molecule has 0 unspecified atom stereocenters. The van der Waals surface area contributed by atoms with E-state index in [1.54, 1.807) is 0 Å². The van der Waals surface area contributed by atoms with Crippen LogP contribution in [0, 0.1) is 6.92 Å². The van der Waals surface area contributed by atoms with Gasteiger partial charge >= 0.3 is 0 Å². The number of hydrogen-bond acceptors (Lipinski definition) is 0. The topological polar surface area (TPSA) is 3.88 Å². The molecule has 0 radical (unpaired) electrons. The summed E-state index contributed by atoms with van der Waals surface area (Å²) in [5, 5.41) is 1.36. The zero-order chi connectivity index (χ0) is 16.3.